The second-order valence-corrected chi connectivity index (χ2v) is 22.5. The van der Waals surface area contributed by atoms with Gasteiger partial charge in [-0.05, 0) is 97.6 Å². The highest BCUT2D eigenvalue weighted by Gasteiger charge is 2.36. The van der Waals surface area contributed by atoms with E-state index in [2.05, 4.69) is 46.9 Å². The summed E-state index contributed by atoms with van der Waals surface area (Å²) in [5, 5.41) is 12.1. The summed E-state index contributed by atoms with van der Waals surface area (Å²) in [7, 11) is 6.40. The molecule has 0 radical (unpaired) electrons. The SMILES string of the molecule is CC(C)(C)OC(=O)N[C@H]1CCNC1=O.COCCBr.COCCN1CC[C@H](N)C1=O.COCCN1CC[C@H](NC(=O)OC(C)(C)C)C1=O.COCCN1OC[C@H](NC(=O)c2ccc(C)c(-n3cnc(OCc4ccc(F)cc4F)c(Cl)c3=O)c2)C1=O. The van der Waals surface area contributed by atoms with E-state index >= 15 is 0 Å². The van der Waals surface area contributed by atoms with Gasteiger partial charge in [0, 0.05) is 83.7 Å². The Morgan fingerprint density at radius 1 is 0.756 bits per heavy atom. The Morgan fingerprint density at radius 3 is 1.86 bits per heavy atom. The van der Waals surface area contributed by atoms with Crippen molar-refractivity contribution in [3.05, 3.63) is 86.4 Å². The molecule has 480 valence electrons. The van der Waals surface area contributed by atoms with Crippen molar-refractivity contribution in [2.45, 2.75) is 110 Å². The summed E-state index contributed by atoms with van der Waals surface area (Å²) < 4.78 is 63.0. The summed E-state index contributed by atoms with van der Waals surface area (Å²) in [5.41, 5.74) is 4.93. The van der Waals surface area contributed by atoms with E-state index in [4.69, 9.17) is 50.6 Å². The molecule has 4 aliphatic heterocycles. The third kappa shape index (κ3) is 25.0. The monoisotopic (exact) mass is 1300 g/mol. The van der Waals surface area contributed by atoms with Crippen LogP contribution in [0.1, 0.15) is 82.3 Å². The van der Waals surface area contributed by atoms with Gasteiger partial charge in [0.15, 0.2) is 5.02 Å². The van der Waals surface area contributed by atoms with E-state index in [0.717, 1.165) is 46.9 Å². The lowest BCUT2D eigenvalue weighted by molar-refractivity contribution is -0.164. The number of rotatable bonds is 19. The number of nitrogens with one attached hydrogen (secondary N) is 4. The Hall–Kier alpha value is -6.60. The van der Waals surface area contributed by atoms with Crippen molar-refractivity contribution >= 4 is 69.3 Å². The molecule has 3 aromatic rings. The van der Waals surface area contributed by atoms with E-state index in [1.54, 1.807) is 91.7 Å². The minimum absolute atomic E-state index is 0.0186. The fraction of sp³-hybridized carbons (Fsp3) is 0.589. The van der Waals surface area contributed by atoms with E-state index in [9.17, 15) is 47.1 Å². The number of hydroxylamine groups is 2. The predicted molar refractivity (Wildman–Crippen MR) is 315 cm³/mol. The van der Waals surface area contributed by atoms with E-state index < -0.39 is 70.5 Å². The van der Waals surface area contributed by atoms with Crippen molar-refractivity contribution in [3.63, 3.8) is 0 Å². The maximum absolute atomic E-state index is 13.9. The van der Waals surface area contributed by atoms with Crippen LogP contribution in [0, 0.1) is 18.6 Å². The number of halogens is 4. The van der Waals surface area contributed by atoms with Crippen LogP contribution in [0.15, 0.2) is 47.5 Å². The molecule has 7 rings (SSSR count). The largest absolute Gasteiger partial charge is 0.471 e. The van der Waals surface area contributed by atoms with Crippen molar-refractivity contribution in [1.82, 2.24) is 45.7 Å². The summed E-state index contributed by atoms with van der Waals surface area (Å²) in [6.07, 6.45) is 2.09. The molecule has 5 heterocycles. The quantitative estimate of drug-likeness (QED) is 0.106. The molecule has 0 bridgehead atoms. The Bertz CT molecular complexity index is 2790. The summed E-state index contributed by atoms with van der Waals surface area (Å²) in [4.78, 5) is 108. The first-order valence-electron chi connectivity index (χ1n) is 27.4. The number of carbonyl (C=O) groups excluding carboxylic acids is 7. The number of alkyl carbamates (subject to hydrolysis) is 2. The zero-order valence-electron chi connectivity index (χ0n) is 50.5. The maximum atomic E-state index is 13.9. The van der Waals surface area contributed by atoms with E-state index in [1.165, 1.54) is 19.2 Å². The Balaban J connectivity index is 0.000000332. The molecule has 4 aliphatic rings. The summed E-state index contributed by atoms with van der Waals surface area (Å²) in [5.74, 6) is -2.88. The van der Waals surface area contributed by atoms with Crippen LogP contribution in [0.3, 0.4) is 0 Å². The van der Waals surface area contributed by atoms with Gasteiger partial charge in [0.25, 0.3) is 17.4 Å². The number of likely N-dealkylation sites (tertiary alicyclic amines) is 2. The van der Waals surface area contributed by atoms with Crippen LogP contribution in [0.4, 0.5) is 18.4 Å². The highest BCUT2D eigenvalue weighted by molar-refractivity contribution is 9.09. The van der Waals surface area contributed by atoms with Gasteiger partial charge in [-0.2, -0.15) is 0 Å². The minimum atomic E-state index is -0.870. The van der Waals surface area contributed by atoms with Crippen LogP contribution in [0.5, 0.6) is 5.88 Å². The van der Waals surface area contributed by atoms with Crippen molar-refractivity contribution < 1.29 is 80.3 Å². The average Bonchev–Trinajstić information content (AvgIpc) is 1.73. The second kappa shape index (κ2) is 36.5. The number of aromatic nitrogens is 2. The normalized spacial score (nSPS) is 18.1. The Kier molecular flexibility index (Phi) is 31.3. The molecule has 26 nitrogen and oxygen atoms in total. The average molecular weight is 1300 g/mol. The molecule has 0 unspecified atom stereocenters. The van der Waals surface area contributed by atoms with Crippen LogP contribution >= 0.6 is 27.5 Å². The molecule has 86 heavy (non-hydrogen) atoms. The molecule has 4 fully saturated rings. The maximum Gasteiger partial charge on any atom is 0.408 e. The Morgan fingerprint density at radius 2 is 1.34 bits per heavy atom. The lowest BCUT2D eigenvalue weighted by atomic mass is 10.1. The molecule has 30 heteroatoms. The number of nitrogens with zero attached hydrogens (tertiary/aromatic N) is 5. The van der Waals surface area contributed by atoms with Crippen LogP contribution in [0.2, 0.25) is 5.02 Å². The van der Waals surface area contributed by atoms with E-state index in [-0.39, 0.29) is 72.2 Å². The van der Waals surface area contributed by atoms with Gasteiger partial charge in [-0.25, -0.2) is 28.4 Å². The van der Waals surface area contributed by atoms with Crippen LogP contribution in [-0.4, -0.2) is 208 Å². The van der Waals surface area contributed by atoms with Gasteiger partial charge in [-0.1, -0.05) is 33.6 Å². The standard InChI is InChI=1S/C25H23ClF2N4O6.C12H22N2O4.C9H16N2O3.C7H14N2O2.C3H7BrO/c1-14-3-4-15(22(33)30-19-12-38-32(24(19)34)7-8-36-2)9-20(14)31-13-29-23(21(26)25(31)35)37-11-16-5-6-17(27)10-18(16)28;1-12(2,3)18-11(16)13-9-5-6-14(10(9)15)7-8-17-4;1-9(2,3)14-8(13)11-6-4-5-10-7(6)12;1-11-5-4-9-3-2-6(8)7(9)10;1-5-3-2-4/h3-6,9-10,13,19H,7-8,11-12H2,1-2H3,(H,30,33);9H,5-8H2,1-4H3,(H,13,16);6H,4-5H2,1-3H3,(H,10,12)(H,11,13);6H,2-5,8H2,1H3;2-3H2,1H3/t19-;9-;2*6-;/m0000./s1. The molecular formula is C56H82BrClF2N10O16. The molecule has 0 aliphatic carbocycles. The zero-order chi connectivity index (χ0) is 64.3. The summed E-state index contributed by atoms with van der Waals surface area (Å²) in [6.45, 7) is 17.7. The van der Waals surface area contributed by atoms with Crippen LogP contribution in [-0.2, 0) is 59.0 Å². The van der Waals surface area contributed by atoms with Gasteiger partial charge in [-0.15, -0.1) is 0 Å². The highest BCUT2D eigenvalue weighted by atomic mass is 79.9. The number of aryl methyl sites for hydroxylation is 1. The second-order valence-electron chi connectivity index (χ2n) is 21.3. The molecule has 0 saturated carbocycles. The van der Waals surface area contributed by atoms with E-state index in [1.807, 2.05) is 0 Å². The number of nitrogens with two attached hydrogens (primary N) is 1. The number of benzene rings is 2. The third-order valence-corrected chi connectivity index (χ3v) is 12.9. The fourth-order valence-corrected chi connectivity index (χ4v) is 8.36. The molecule has 2 aromatic carbocycles. The number of ether oxygens (including phenoxy) is 7. The van der Waals surface area contributed by atoms with Gasteiger partial charge in [-0.3, -0.25) is 38.2 Å². The van der Waals surface area contributed by atoms with Crippen LogP contribution in [0.25, 0.3) is 5.69 Å². The first-order chi connectivity index (χ1) is 40.6. The number of hydrogen-bond acceptors (Lipinski definition) is 18. The first kappa shape index (κ1) is 73.7. The lowest BCUT2D eigenvalue weighted by Gasteiger charge is -2.21. The Labute approximate surface area is 512 Å². The number of alkyl halides is 1. The van der Waals surface area contributed by atoms with Crippen molar-refractivity contribution in [2.24, 2.45) is 5.73 Å². The van der Waals surface area contributed by atoms with E-state index in [0.29, 0.717) is 69.6 Å². The number of carbonyl (C=O) groups is 7. The van der Waals surface area contributed by atoms with Gasteiger partial charge in [0.05, 0.1) is 44.7 Å². The molecule has 7 amide bonds. The smallest absolute Gasteiger partial charge is 0.408 e. The van der Waals surface area contributed by atoms with Crippen molar-refractivity contribution in [2.75, 3.05) is 106 Å². The third-order valence-electron chi connectivity index (χ3n) is 12.2. The first-order valence-corrected chi connectivity index (χ1v) is 28.9. The highest BCUT2D eigenvalue weighted by Crippen LogP contribution is 2.23. The van der Waals surface area contributed by atoms with Gasteiger partial charge >= 0.3 is 12.2 Å². The molecule has 1 aromatic heterocycles. The molecule has 4 saturated heterocycles. The molecule has 4 atom stereocenters. The lowest BCUT2D eigenvalue weighted by Crippen LogP contribution is -2.44. The molecular weight excluding hydrogens is 1220 g/mol. The summed E-state index contributed by atoms with van der Waals surface area (Å²) >= 11 is 9.38. The van der Waals surface area contributed by atoms with Crippen LogP contribution < -0.4 is 37.3 Å². The topological polar surface area (TPSA) is 312 Å². The van der Waals surface area contributed by atoms with Gasteiger partial charge < -0.3 is 70.0 Å². The minimum Gasteiger partial charge on any atom is -0.471 e. The summed E-state index contributed by atoms with van der Waals surface area (Å²) in [6, 6.07) is 5.58. The number of amides is 7. The number of methoxy groups -OCH3 is 4. The molecule has 6 N–H and O–H groups in total. The van der Waals surface area contributed by atoms with Crippen molar-refractivity contribution in [3.8, 4) is 11.6 Å². The fourth-order valence-electron chi connectivity index (χ4n) is 7.84. The van der Waals surface area contributed by atoms with Gasteiger partial charge in [0.1, 0.15) is 60.5 Å². The molecule has 0 spiro atoms. The predicted octanol–water partition coefficient (Wildman–Crippen LogP) is 3.95. The number of hydrogen-bond donors (Lipinski definition) is 5. The van der Waals surface area contributed by atoms with Crippen molar-refractivity contribution in [1.29, 1.82) is 0 Å². The zero-order valence-corrected chi connectivity index (χ0v) is 52.9. The van der Waals surface area contributed by atoms with Gasteiger partial charge in [0.2, 0.25) is 23.6 Å².